The van der Waals surface area contributed by atoms with Crippen LogP contribution in [0.25, 0.3) is 0 Å². The number of nitrogens with one attached hydrogen (secondary N) is 1. The molecule has 0 bridgehead atoms. The van der Waals surface area contributed by atoms with Crippen molar-refractivity contribution in [2.24, 2.45) is 0 Å². The number of thiazole rings is 1. The first-order chi connectivity index (χ1) is 5.99. The first-order valence-corrected chi connectivity index (χ1v) is 4.90. The zero-order chi connectivity index (χ0) is 10.1. The van der Waals surface area contributed by atoms with E-state index in [-0.39, 0.29) is 5.41 Å². The molecule has 3 nitrogen and oxygen atoms in total. The average molecular weight is 195 g/mol. The van der Waals surface area contributed by atoms with Gasteiger partial charge in [0.2, 0.25) is 0 Å². The van der Waals surface area contributed by atoms with Gasteiger partial charge in [0.1, 0.15) is 10.9 Å². The maximum atomic E-state index is 8.88. The highest BCUT2D eigenvalue weighted by atomic mass is 32.1. The summed E-state index contributed by atoms with van der Waals surface area (Å²) < 4.78 is 0. The number of anilines is 1. The minimum atomic E-state index is -0.0589. The maximum Gasteiger partial charge on any atom is 0.183 e. The number of aromatic nitrogens is 1. The van der Waals surface area contributed by atoms with Crippen molar-refractivity contribution in [3.05, 3.63) is 10.6 Å². The maximum absolute atomic E-state index is 8.88. The average Bonchev–Trinajstić information content (AvgIpc) is 2.46. The van der Waals surface area contributed by atoms with Gasteiger partial charge in [-0.1, -0.05) is 32.1 Å². The molecule has 1 aromatic rings. The van der Waals surface area contributed by atoms with Crippen LogP contribution in [0.15, 0.2) is 0 Å². The van der Waals surface area contributed by atoms with E-state index < -0.39 is 0 Å². The number of hydrogen-bond acceptors (Lipinski definition) is 4. The SMILES string of the molecule is CNc1nc(C(C)(C)C)c(C#N)s1. The second-order valence-corrected chi connectivity index (χ2v) is 4.81. The summed E-state index contributed by atoms with van der Waals surface area (Å²) in [7, 11) is 1.81. The molecule has 0 amide bonds. The largest absolute Gasteiger partial charge is 0.365 e. The molecule has 0 aromatic carbocycles. The van der Waals surface area contributed by atoms with Crippen molar-refractivity contribution in [1.82, 2.24) is 4.98 Å². The Balaban J connectivity index is 3.21. The third kappa shape index (κ3) is 1.99. The summed E-state index contributed by atoms with van der Waals surface area (Å²) in [6.45, 7) is 6.17. The van der Waals surface area contributed by atoms with Crippen LogP contribution in [0, 0.1) is 11.3 Å². The molecule has 0 radical (unpaired) electrons. The van der Waals surface area contributed by atoms with Crippen molar-refractivity contribution in [3.63, 3.8) is 0 Å². The molecule has 0 atom stereocenters. The fourth-order valence-corrected chi connectivity index (χ4v) is 1.94. The van der Waals surface area contributed by atoms with Crippen LogP contribution in [0.5, 0.6) is 0 Å². The third-order valence-electron chi connectivity index (χ3n) is 1.65. The van der Waals surface area contributed by atoms with E-state index in [1.165, 1.54) is 11.3 Å². The van der Waals surface area contributed by atoms with Gasteiger partial charge >= 0.3 is 0 Å². The number of nitriles is 1. The normalized spacial score (nSPS) is 11.0. The molecule has 0 saturated carbocycles. The number of rotatable bonds is 1. The van der Waals surface area contributed by atoms with Gasteiger partial charge in [0.25, 0.3) is 0 Å². The third-order valence-corrected chi connectivity index (χ3v) is 2.63. The lowest BCUT2D eigenvalue weighted by Crippen LogP contribution is -2.13. The Morgan fingerprint density at radius 2 is 2.08 bits per heavy atom. The number of hydrogen-bond donors (Lipinski definition) is 1. The summed E-state index contributed by atoms with van der Waals surface area (Å²) in [5, 5.41) is 12.6. The highest BCUT2D eigenvalue weighted by Crippen LogP contribution is 2.30. The fraction of sp³-hybridized carbons (Fsp3) is 0.556. The molecule has 0 fully saturated rings. The Morgan fingerprint density at radius 3 is 2.38 bits per heavy atom. The summed E-state index contributed by atoms with van der Waals surface area (Å²) in [6, 6.07) is 2.17. The molecular weight excluding hydrogens is 182 g/mol. The molecule has 0 spiro atoms. The van der Waals surface area contributed by atoms with Gasteiger partial charge in [0.15, 0.2) is 5.13 Å². The lowest BCUT2D eigenvalue weighted by Gasteiger charge is -2.15. The van der Waals surface area contributed by atoms with Crippen LogP contribution < -0.4 is 5.32 Å². The van der Waals surface area contributed by atoms with Crippen LogP contribution in [-0.2, 0) is 5.41 Å². The first kappa shape index (κ1) is 10.0. The van der Waals surface area contributed by atoms with Crippen LogP contribution in [0.1, 0.15) is 31.3 Å². The number of nitrogens with zero attached hydrogens (tertiary/aromatic N) is 2. The minimum absolute atomic E-state index is 0.0589. The molecule has 0 unspecified atom stereocenters. The van der Waals surface area contributed by atoms with Crippen LogP contribution in [0.2, 0.25) is 0 Å². The van der Waals surface area contributed by atoms with Crippen molar-refractivity contribution < 1.29 is 0 Å². The van der Waals surface area contributed by atoms with Crippen molar-refractivity contribution in [2.45, 2.75) is 26.2 Å². The topological polar surface area (TPSA) is 48.7 Å². The van der Waals surface area contributed by atoms with Gasteiger partial charge in [-0.05, 0) is 0 Å². The Bertz CT molecular complexity index is 341. The van der Waals surface area contributed by atoms with Crippen LogP contribution in [0.3, 0.4) is 0 Å². The molecule has 1 rings (SSSR count). The zero-order valence-corrected chi connectivity index (χ0v) is 9.12. The van der Waals surface area contributed by atoms with Crippen molar-refractivity contribution in [1.29, 1.82) is 5.26 Å². The smallest absolute Gasteiger partial charge is 0.183 e. The van der Waals surface area contributed by atoms with Gasteiger partial charge in [-0.25, -0.2) is 4.98 Å². The molecule has 1 heterocycles. The lowest BCUT2D eigenvalue weighted by atomic mass is 9.91. The predicted octanol–water partition coefficient (Wildman–Crippen LogP) is 2.35. The van der Waals surface area contributed by atoms with Gasteiger partial charge in [-0.2, -0.15) is 5.26 Å². The van der Waals surface area contributed by atoms with Crippen LogP contribution in [-0.4, -0.2) is 12.0 Å². The van der Waals surface area contributed by atoms with Gasteiger partial charge < -0.3 is 5.32 Å². The summed E-state index contributed by atoms with van der Waals surface area (Å²) in [5.41, 5.74) is 0.820. The monoisotopic (exact) mass is 195 g/mol. The predicted molar refractivity (Wildman–Crippen MR) is 55.1 cm³/mol. The second-order valence-electron chi connectivity index (χ2n) is 3.81. The summed E-state index contributed by atoms with van der Waals surface area (Å²) in [6.07, 6.45) is 0. The summed E-state index contributed by atoms with van der Waals surface area (Å²) in [4.78, 5) is 5.06. The van der Waals surface area contributed by atoms with E-state index >= 15 is 0 Å². The quantitative estimate of drug-likeness (QED) is 0.748. The fourth-order valence-electron chi connectivity index (χ4n) is 1.01. The molecule has 0 aliphatic carbocycles. The van der Waals surface area contributed by atoms with Crippen LogP contribution in [0.4, 0.5) is 5.13 Å². The lowest BCUT2D eigenvalue weighted by molar-refractivity contribution is 0.572. The summed E-state index contributed by atoms with van der Waals surface area (Å²) in [5.74, 6) is 0. The highest BCUT2D eigenvalue weighted by Gasteiger charge is 2.22. The van der Waals surface area contributed by atoms with E-state index in [1.54, 1.807) is 0 Å². The zero-order valence-electron chi connectivity index (χ0n) is 8.30. The van der Waals surface area contributed by atoms with E-state index in [1.807, 2.05) is 7.05 Å². The Morgan fingerprint density at radius 1 is 1.46 bits per heavy atom. The second kappa shape index (κ2) is 3.35. The molecular formula is C9H13N3S. The van der Waals surface area contributed by atoms with E-state index in [0.717, 1.165) is 10.8 Å². The van der Waals surface area contributed by atoms with Crippen molar-refractivity contribution in [2.75, 3.05) is 12.4 Å². The Kier molecular flexibility index (Phi) is 2.58. The van der Waals surface area contributed by atoms with E-state index in [2.05, 4.69) is 37.1 Å². The highest BCUT2D eigenvalue weighted by molar-refractivity contribution is 7.16. The molecule has 1 aromatic heterocycles. The van der Waals surface area contributed by atoms with Crippen molar-refractivity contribution in [3.8, 4) is 6.07 Å². The minimum Gasteiger partial charge on any atom is -0.365 e. The van der Waals surface area contributed by atoms with Crippen molar-refractivity contribution >= 4 is 16.5 Å². The van der Waals surface area contributed by atoms with Gasteiger partial charge in [0.05, 0.1) is 5.69 Å². The van der Waals surface area contributed by atoms with Gasteiger partial charge in [-0.3, -0.25) is 0 Å². The molecule has 0 aliphatic rings. The molecule has 13 heavy (non-hydrogen) atoms. The first-order valence-electron chi connectivity index (χ1n) is 4.08. The van der Waals surface area contributed by atoms with Gasteiger partial charge in [-0.15, -0.1) is 0 Å². The molecule has 0 saturated heterocycles. The van der Waals surface area contributed by atoms with Crippen LogP contribution >= 0.6 is 11.3 Å². The molecule has 1 N–H and O–H groups in total. The molecule has 0 aliphatic heterocycles. The standard InChI is InChI=1S/C9H13N3S/c1-9(2,3)7-6(5-10)13-8(11-4)12-7/h1-4H3,(H,11,12). The molecule has 4 heteroatoms. The Labute approximate surface area is 82.4 Å². The Hall–Kier alpha value is -1.08. The summed E-state index contributed by atoms with van der Waals surface area (Å²) >= 11 is 1.40. The van der Waals surface area contributed by atoms with Gasteiger partial charge in [0, 0.05) is 12.5 Å². The van der Waals surface area contributed by atoms with E-state index in [9.17, 15) is 0 Å². The van der Waals surface area contributed by atoms with E-state index in [4.69, 9.17) is 5.26 Å². The van der Waals surface area contributed by atoms with E-state index in [0.29, 0.717) is 4.88 Å². The molecule has 70 valence electrons.